The van der Waals surface area contributed by atoms with E-state index in [2.05, 4.69) is 5.32 Å². The molecule has 0 fully saturated rings. The standard InChI is InChI=1S/C24H19NO5/c1-14(26)30-16-8-6-7-15(13-16)23(27)25-22(24(28)29)21-19-11-4-2-9-17(19)18-10-3-5-12-20(18)21/h2-13,21-22H,1H3,(H,25,27)(H,28,29)/t22-/m1/s1. The zero-order valence-electron chi connectivity index (χ0n) is 16.2. The molecular weight excluding hydrogens is 382 g/mol. The number of esters is 1. The van der Waals surface area contributed by atoms with Crippen LogP contribution in [-0.2, 0) is 9.59 Å². The van der Waals surface area contributed by atoms with Crippen LogP contribution in [0.4, 0.5) is 0 Å². The lowest BCUT2D eigenvalue weighted by molar-refractivity contribution is -0.139. The van der Waals surface area contributed by atoms with Gasteiger partial charge in [-0.15, -0.1) is 0 Å². The van der Waals surface area contributed by atoms with E-state index in [0.29, 0.717) is 0 Å². The summed E-state index contributed by atoms with van der Waals surface area (Å²) in [7, 11) is 0. The van der Waals surface area contributed by atoms with Gasteiger partial charge >= 0.3 is 11.9 Å². The molecule has 1 amide bonds. The van der Waals surface area contributed by atoms with Gasteiger partial charge in [0.2, 0.25) is 0 Å². The molecule has 0 saturated carbocycles. The second-order valence-electron chi connectivity index (χ2n) is 7.06. The zero-order valence-corrected chi connectivity index (χ0v) is 16.2. The van der Waals surface area contributed by atoms with Crippen molar-refractivity contribution in [3.05, 3.63) is 89.5 Å². The van der Waals surface area contributed by atoms with Crippen LogP contribution in [0.15, 0.2) is 72.8 Å². The van der Waals surface area contributed by atoms with E-state index in [9.17, 15) is 19.5 Å². The third kappa shape index (κ3) is 3.55. The van der Waals surface area contributed by atoms with Crippen LogP contribution in [0.5, 0.6) is 5.75 Å². The summed E-state index contributed by atoms with van der Waals surface area (Å²) in [5.74, 6) is -2.49. The quantitative estimate of drug-likeness (QED) is 0.503. The number of ether oxygens (including phenoxy) is 1. The summed E-state index contributed by atoms with van der Waals surface area (Å²) in [5.41, 5.74) is 3.87. The first-order valence-electron chi connectivity index (χ1n) is 9.46. The maximum atomic E-state index is 12.9. The molecule has 6 nitrogen and oxygen atoms in total. The smallest absolute Gasteiger partial charge is 0.327 e. The lowest BCUT2D eigenvalue weighted by atomic mass is 9.89. The highest BCUT2D eigenvalue weighted by molar-refractivity contribution is 5.98. The Hall–Kier alpha value is -3.93. The minimum absolute atomic E-state index is 0.208. The molecule has 0 radical (unpaired) electrons. The predicted molar refractivity (Wildman–Crippen MR) is 110 cm³/mol. The Morgan fingerprint density at radius 3 is 2.07 bits per heavy atom. The number of carboxylic acid groups (broad SMARTS) is 1. The molecule has 0 aliphatic heterocycles. The van der Waals surface area contributed by atoms with Crippen molar-refractivity contribution in [1.82, 2.24) is 5.32 Å². The van der Waals surface area contributed by atoms with Crippen LogP contribution in [0.1, 0.15) is 34.3 Å². The maximum absolute atomic E-state index is 12.9. The molecule has 6 heteroatoms. The Balaban J connectivity index is 1.68. The number of rotatable bonds is 5. The molecule has 1 aliphatic carbocycles. The predicted octanol–water partition coefficient (Wildman–Crippen LogP) is 3.61. The van der Waals surface area contributed by atoms with Gasteiger partial charge in [0, 0.05) is 18.4 Å². The molecule has 0 aromatic heterocycles. The van der Waals surface area contributed by atoms with Crippen LogP contribution < -0.4 is 10.1 Å². The van der Waals surface area contributed by atoms with Crippen LogP contribution in [0, 0.1) is 0 Å². The Kier molecular flexibility index (Phi) is 5.06. The van der Waals surface area contributed by atoms with Gasteiger partial charge in [0.05, 0.1) is 0 Å². The molecule has 3 aromatic carbocycles. The number of benzene rings is 3. The molecule has 0 heterocycles. The Morgan fingerprint density at radius 2 is 1.50 bits per heavy atom. The summed E-state index contributed by atoms with van der Waals surface area (Å²) in [6.45, 7) is 1.27. The minimum atomic E-state index is -1.17. The molecule has 0 bridgehead atoms. The topological polar surface area (TPSA) is 92.7 Å². The lowest BCUT2D eigenvalue weighted by Gasteiger charge is -2.23. The van der Waals surface area contributed by atoms with Crippen LogP contribution in [0.2, 0.25) is 0 Å². The van der Waals surface area contributed by atoms with Gasteiger partial charge in [0.15, 0.2) is 0 Å². The molecule has 0 saturated heterocycles. The molecular formula is C24H19NO5. The number of carbonyl (C=O) groups is 3. The lowest BCUT2D eigenvalue weighted by Crippen LogP contribution is -2.44. The van der Waals surface area contributed by atoms with E-state index >= 15 is 0 Å². The highest BCUT2D eigenvalue weighted by Gasteiger charge is 2.39. The molecule has 1 aliphatic rings. The third-order valence-corrected chi connectivity index (χ3v) is 5.13. The number of nitrogens with one attached hydrogen (secondary N) is 1. The van der Waals surface area contributed by atoms with Crippen molar-refractivity contribution in [2.75, 3.05) is 0 Å². The number of amides is 1. The van der Waals surface area contributed by atoms with E-state index < -0.39 is 29.8 Å². The summed E-state index contributed by atoms with van der Waals surface area (Å²) < 4.78 is 5.01. The molecule has 30 heavy (non-hydrogen) atoms. The van der Waals surface area contributed by atoms with Crippen molar-refractivity contribution in [2.24, 2.45) is 0 Å². The normalized spacial score (nSPS) is 13.1. The average Bonchev–Trinajstić information content (AvgIpc) is 3.06. The summed E-state index contributed by atoms with van der Waals surface area (Å²) in [6.07, 6.45) is 0. The SMILES string of the molecule is CC(=O)Oc1cccc(C(=O)N[C@@H](C(=O)O)C2c3ccccc3-c3ccccc32)c1. The number of aliphatic carboxylic acids is 1. The number of carbonyl (C=O) groups excluding carboxylic acids is 2. The van der Waals surface area contributed by atoms with Gasteiger partial charge in [-0.25, -0.2) is 4.79 Å². The second kappa shape index (κ2) is 7.83. The van der Waals surface area contributed by atoms with Crippen LogP contribution in [0.3, 0.4) is 0 Å². The summed E-state index contributed by atoms with van der Waals surface area (Å²) >= 11 is 0. The average molecular weight is 401 g/mol. The fourth-order valence-electron chi connectivity index (χ4n) is 3.93. The van der Waals surface area contributed by atoms with Crippen molar-refractivity contribution in [1.29, 1.82) is 0 Å². The molecule has 150 valence electrons. The van der Waals surface area contributed by atoms with E-state index in [1.54, 1.807) is 12.1 Å². The highest BCUT2D eigenvalue weighted by atomic mass is 16.5. The van der Waals surface area contributed by atoms with Crippen molar-refractivity contribution in [3.8, 4) is 16.9 Å². The Morgan fingerprint density at radius 1 is 0.900 bits per heavy atom. The number of fused-ring (bicyclic) bond motifs is 3. The van der Waals surface area contributed by atoms with E-state index in [0.717, 1.165) is 22.3 Å². The first-order valence-corrected chi connectivity index (χ1v) is 9.46. The summed E-state index contributed by atoms with van der Waals surface area (Å²) in [6, 6.07) is 20.1. The van der Waals surface area contributed by atoms with Gasteiger partial charge < -0.3 is 15.2 Å². The van der Waals surface area contributed by atoms with Crippen LogP contribution in [0.25, 0.3) is 11.1 Å². The van der Waals surface area contributed by atoms with E-state index in [1.807, 2.05) is 48.5 Å². The largest absolute Gasteiger partial charge is 0.480 e. The van der Waals surface area contributed by atoms with Crippen molar-refractivity contribution in [2.45, 2.75) is 18.9 Å². The maximum Gasteiger partial charge on any atom is 0.327 e. The van der Waals surface area contributed by atoms with Crippen molar-refractivity contribution < 1.29 is 24.2 Å². The molecule has 3 aromatic rings. The van der Waals surface area contributed by atoms with Gasteiger partial charge in [-0.2, -0.15) is 0 Å². The fraction of sp³-hybridized carbons (Fsp3) is 0.125. The third-order valence-electron chi connectivity index (χ3n) is 5.13. The van der Waals surface area contributed by atoms with E-state index in [1.165, 1.54) is 19.1 Å². The van der Waals surface area contributed by atoms with Gasteiger partial charge in [-0.1, -0.05) is 54.6 Å². The Bertz CT molecular complexity index is 1110. The van der Waals surface area contributed by atoms with Crippen LogP contribution >= 0.6 is 0 Å². The van der Waals surface area contributed by atoms with E-state index in [4.69, 9.17) is 4.74 Å². The van der Waals surface area contributed by atoms with Crippen molar-refractivity contribution >= 4 is 17.8 Å². The molecule has 0 spiro atoms. The van der Waals surface area contributed by atoms with Crippen LogP contribution in [-0.4, -0.2) is 29.0 Å². The minimum Gasteiger partial charge on any atom is -0.480 e. The molecule has 4 rings (SSSR count). The first-order chi connectivity index (χ1) is 14.5. The summed E-state index contributed by atoms with van der Waals surface area (Å²) in [5, 5.41) is 12.6. The van der Waals surface area contributed by atoms with E-state index in [-0.39, 0.29) is 11.3 Å². The van der Waals surface area contributed by atoms with Crippen molar-refractivity contribution in [3.63, 3.8) is 0 Å². The van der Waals surface area contributed by atoms with Gasteiger partial charge in [0.1, 0.15) is 11.8 Å². The number of carboxylic acids is 1. The Labute approximate surface area is 173 Å². The number of hydrogen-bond donors (Lipinski definition) is 2. The van der Waals surface area contributed by atoms with Gasteiger partial charge in [0.25, 0.3) is 5.91 Å². The molecule has 0 unspecified atom stereocenters. The highest BCUT2D eigenvalue weighted by Crippen LogP contribution is 2.46. The molecule has 2 N–H and O–H groups in total. The van der Waals surface area contributed by atoms with Gasteiger partial charge in [-0.3, -0.25) is 9.59 Å². The fourth-order valence-corrected chi connectivity index (χ4v) is 3.93. The zero-order chi connectivity index (χ0) is 21.3. The summed E-state index contributed by atoms with van der Waals surface area (Å²) in [4.78, 5) is 36.2. The molecule has 1 atom stereocenters. The monoisotopic (exact) mass is 401 g/mol. The number of hydrogen-bond acceptors (Lipinski definition) is 4. The first kappa shape index (κ1) is 19.4. The van der Waals surface area contributed by atoms with Gasteiger partial charge in [-0.05, 0) is 40.5 Å². The second-order valence-corrected chi connectivity index (χ2v) is 7.06.